The van der Waals surface area contributed by atoms with Crippen molar-refractivity contribution in [1.29, 1.82) is 0 Å². The molecule has 0 aromatic heterocycles. The summed E-state index contributed by atoms with van der Waals surface area (Å²) < 4.78 is 15.0. The van der Waals surface area contributed by atoms with Gasteiger partial charge in [-0.3, -0.25) is 9.59 Å². The van der Waals surface area contributed by atoms with E-state index in [-0.39, 0.29) is 19.1 Å². The van der Waals surface area contributed by atoms with Crippen molar-refractivity contribution in [3.63, 3.8) is 0 Å². The average Bonchev–Trinajstić information content (AvgIpc) is 2.73. The summed E-state index contributed by atoms with van der Waals surface area (Å²) in [7, 11) is 0. The van der Waals surface area contributed by atoms with Gasteiger partial charge in [0.25, 0.3) is 0 Å². The minimum atomic E-state index is -1.35. The number of amides is 3. The van der Waals surface area contributed by atoms with Crippen molar-refractivity contribution in [3.05, 3.63) is 12.2 Å². The van der Waals surface area contributed by atoms with Gasteiger partial charge in [0.15, 0.2) is 0 Å². The Hall–Kier alpha value is -3.11. The molecule has 1 aliphatic rings. The maximum Gasteiger partial charge on any atom is 0.408 e. The van der Waals surface area contributed by atoms with Crippen LogP contribution in [0.15, 0.2) is 12.2 Å². The monoisotopic (exact) mass is 483 g/mol. The zero-order valence-electron chi connectivity index (χ0n) is 20.4. The topological polar surface area (TPSA) is 163 Å². The zero-order valence-corrected chi connectivity index (χ0v) is 20.4. The van der Waals surface area contributed by atoms with Gasteiger partial charge in [-0.05, 0) is 52.5 Å². The third-order valence-corrected chi connectivity index (χ3v) is 4.94. The number of hydrogen-bond donors (Lipinski definition) is 3. The highest BCUT2D eigenvalue weighted by molar-refractivity contribution is 5.92. The number of hydrogen-bond acceptors (Lipinski definition) is 8. The Bertz CT molecular complexity index is 754. The molecule has 11 nitrogen and oxygen atoms in total. The molecule has 3 amide bonds. The fourth-order valence-corrected chi connectivity index (χ4v) is 3.52. The molecular weight excluding hydrogens is 446 g/mol. The van der Waals surface area contributed by atoms with Crippen molar-refractivity contribution >= 4 is 29.8 Å². The van der Waals surface area contributed by atoms with Crippen LogP contribution in [0.25, 0.3) is 0 Å². The molecule has 4 N–H and O–H groups in total. The van der Waals surface area contributed by atoms with Crippen LogP contribution in [0, 0.1) is 5.92 Å². The van der Waals surface area contributed by atoms with Gasteiger partial charge < -0.3 is 30.6 Å². The summed E-state index contributed by atoms with van der Waals surface area (Å²) in [5, 5.41) is 5.10. The number of rotatable bonds is 11. The normalized spacial score (nSPS) is 16.2. The van der Waals surface area contributed by atoms with Gasteiger partial charge in [0.1, 0.15) is 24.3 Å². The van der Waals surface area contributed by atoms with Crippen molar-refractivity contribution in [2.24, 2.45) is 11.7 Å². The highest BCUT2D eigenvalue weighted by atomic mass is 16.6. The molecule has 0 radical (unpaired) electrons. The standard InChI is InChI=1S/C23H37N3O8/c1-5-32-18(28)12-9-13-33-21(30)16(14-17(24)27)25-20(29)19(15-10-7-6-8-11-15)26-22(31)34-23(2,3)4/h9,12,15-16,19H,5-8,10-11,13-14H2,1-4H3,(H2,24,27)(H,25,29)(H,26,31)/b12-9+/t16-,19-/m0/s1. The SMILES string of the molecule is CCOC(=O)/C=C/COC(=O)[C@H](CC(N)=O)NC(=O)[C@@H](NC(=O)OC(C)(C)C)C1CCCCC1. The lowest BCUT2D eigenvalue weighted by molar-refractivity contribution is -0.148. The molecular formula is C23H37N3O8. The smallest absolute Gasteiger partial charge is 0.408 e. The van der Waals surface area contributed by atoms with E-state index in [1.165, 1.54) is 6.08 Å². The Kier molecular flexibility index (Phi) is 12.1. The first kappa shape index (κ1) is 28.9. The van der Waals surface area contributed by atoms with E-state index in [9.17, 15) is 24.0 Å². The maximum absolute atomic E-state index is 13.1. The second-order valence-electron chi connectivity index (χ2n) is 9.04. The number of nitrogens with one attached hydrogen (secondary N) is 2. The van der Waals surface area contributed by atoms with Crippen LogP contribution >= 0.6 is 0 Å². The summed E-state index contributed by atoms with van der Waals surface area (Å²) in [5.41, 5.74) is 4.48. The van der Waals surface area contributed by atoms with E-state index in [1.54, 1.807) is 27.7 Å². The summed E-state index contributed by atoms with van der Waals surface area (Å²) in [6.45, 7) is 6.70. The first-order valence-electron chi connectivity index (χ1n) is 11.5. The van der Waals surface area contributed by atoms with Gasteiger partial charge in [-0.25, -0.2) is 14.4 Å². The number of alkyl carbamates (subject to hydrolysis) is 1. The van der Waals surface area contributed by atoms with Crippen molar-refractivity contribution in [2.75, 3.05) is 13.2 Å². The van der Waals surface area contributed by atoms with Crippen LogP contribution in [0.2, 0.25) is 0 Å². The molecule has 0 aromatic carbocycles. The van der Waals surface area contributed by atoms with Crippen LogP contribution in [0.1, 0.15) is 66.2 Å². The predicted molar refractivity (Wildman–Crippen MR) is 122 cm³/mol. The molecule has 11 heteroatoms. The van der Waals surface area contributed by atoms with Crippen molar-refractivity contribution in [3.8, 4) is 0 Å². The molecule has 1 aliphatic carbocycles. The van der Waals surface area contributed by atoms with E-state index in [0.29, 0.717) is 0 Å². The largest absolute Gasteiger partial charge is 0.463 e. The molecule has 2 atom stereocenters. The van der Waals surface area contributed by atoms with E-state index in [4.69, 9.17) is 19.9 Å². The molecule has 0 spiro atoms. The Morgan fingerprint density at radius 2 is 1.68 bits per heavy atom. The minimum Gasteiger partial charge on any atom is -0.463 e. The van der Waals surface area contributed by atoms with Gasteiger partial charge in [0.2, 0.25) is 11.8 Å². The van der Waals surface area contributed by atoms with Gasteiger partial charge in [-0.15, -0.1) is 0 Å². The predicted octanol–water partition coefficient (Wildman–Crippen LogP) is 1.48. The van der Waals surface area contributed by atoms with Crippen molar-refractivity contribution in [1.82, 2.24) is 10.6 Å². The molecule has 34 heavy (non-hydrogen) atoms. The Balaban J connectivity index is 2.88. The third-order valence-electron chi connectivity index (χ3n) is 4.94. The van der Waals surface area contributed by atoms with Crippen LogP contribution in [0.5, 0.6) is 0 Å². The van der Waals surface area contributed by atoms with Gasteiger partial charge in [-0.1, -0.05) is 19.3 Å². The maximum atomic E-state index is 13.1. The van der Waals surface area contributed by atoms with E-state index in [1.807, 2.05) is 0 Å². The highest BCUT2D eigenvalue weighted by Gasteiger charge is 2.35. The molecule has 0 aromatic rings. The Morgan fingerprint density at radius 3 is 2.24 bits per heavy atom. The van der Waals surface area contributed by atoms with E-state index >= 15 is 0 Å². The fraction of sp³-hybridized carbons (Fsp3) is 0.696. The van der Waals surface area contributed by atoms with E-state index in [0.717, 1.165) is 38.2 Å². The fourth-order valence-electron chi connectivity index (χ4n) is 3.52. The lowest BCUT2D eigenvalue weighted by atomic mass is 9.83. The number of nitrogens with two attached hydrogens (primary N) is 1. The zero-order chi connectivity index (χ0) is 25.7. The molecule has 0 unspecified atom stereocenters. The van der Waals surface area contributed by atoms with Gasteiger partial charge in [0, 0.05) is 6.08 Å². The second kappa shape index (κ2) is 14.2. The lowest BCUT2D eigenvalue weighted by Gasteiger charge is -2.31. The van der Waals surface area contributed by atoms with E-state index in [2.05, 4.69) is 10.6 Å². The lowest BCUT2D eigenvalue weighted by Crippen LogP contribution is -2.56. The minimum absolute atomic E-state index is 0.154. The van der Waals surface area contributed by atoms with Crippen molar-refractivity contribution in [2.45, 2.75) is 83.9 Å². The molecule has 0 saturated heterocycles. The molecule has 1 fully saturated rings. The first-order valence-corrected chi connectivity index (χ1v) is 11.5. The molecule has 1 rings (SSSR count). The molecule has 1 saturated carbocycles. The number of esters is 2. The molecule has 0 heterocycles. The summed E-state index contributed by atoms with van der Waals surface area (Å²) in [6, 6.07) is -2.31. The highest BCUT2D eigenvalue weighted by Crippen LogP contribution is 2.27. The Morgan fingerprint density at radius 1 is 1.03 bits per heavy atom. The molecule has 0 aliphatic heterocycles. The summed E-state index contributed by atoms with van der Waals surface area (Å²) >= 11 is 0. The van der Waals surface area contributed by atoms with Crippen molar-refractivity contribution < 1.29 is 38.2 Å². The average molecular weight is 484 g/mol. The van der Waals surface area contributed by atoms with E-state index < -0.39 is 54.0 Å². The number of ether oxygens (including phenoxy) is 3. The number of carbonyl (C=O) groups is 5. The molecule has 192 valence electrons. The summed E-state index contributed by atoms with van der Waals surface area (Å²) in [5.74, 6) is -3.11. The van der Waals surface area contributed by atoms with Crippen LogP contribution < -0.4 is 16.4 Å². The quantitative estimate of drug-likeness (QED) is 0.226. The third kappa shape index (κ3) is 11.7. The van der Waals surface area contributed by atoms with Gasteiger partial charge in [-0.2, -0.15) is 0 Å². The van der Waals surface area contributed by atoms with Gasteiger partial charge >= 0.3 is 18.0 Å². The van der Waals surface area contributed by atoms with Crippen LogP contribution in [-0.2, 0) is 33.4 Å². The van der Waals surface area contributed by atoms with Crippen LogP contribution in [-0.4, -0.2) is 60.7 Å². The van der Waals surface area contributed by atoms with Gasteiger partial charge in [0.05, 0.1) is 13.0 Å². The number of carbonyl (C=O) groups excluding carboxylic acids is 5. The summed E-state index contributed by atoms with van der Waals surface area (Å²) in [4.78, 5) is 60.8. The molecule has 0 bridgehead atoms. The Labute approximate surface area is 200 Å². The first-order chi connectivity index (χ1) is 15.9. The van der Waals surface area contributed by atoms with Crippen LogP contribution in [0.4, 0.5) is 4.79 Å². The number of primary amides is 1. The second-order valence-corrected chi connectivity index (χ2v) is 9.04. The van der Waals surface area contributed by atoms with Crippen LogP contribution in [0.3, 0.4) is 0 Å². The summed E-state index contributed by atoms with van der Waals surface area (Å²) in [6.07, 6.45) is 5.42.